The topological polar surface area (TPSA) is 46.9 Å². The second-order valence-electron chi connectivity index (χ2n) is 3.96. The van der Waals surface area contributed by atoms with Crippen LogP contribution in [0.1, 0.15) is 20.3 Å². The molecule has 0 aromatic carbocycles. The molecule has 0 saturated heterocycles. The summed E-state index contributed by atoms with van der Waals surface area (Å²) >= 11 is 5.96. The highest BCUT2D eigenvalue weighted by Crippen LogP contribution is 2.33. The van der Waals surface area contributed by atoms with Gasteiger partial charge in [-0.1, -0.05) is 18.5 Å². The fourth-order valence-corrected chi connectivity index (χ4v) is 1.71. The summed E-state index contributed by atoms with van der Waals surface area (Å²) in [7, 11) is 0. The first-order valence-electron chi connectivity index (χ1n) is 5.15. The highest BCUT2D eigenvalue weighted by atomic mass is 35.5. The molecule has 0 aliphatic heterocycles. The molecule has 4 nitrogen and oxygen atoms in total. The largest absolute Gasteiger partial charge is 0.379 e. The van der Waals surface area contributed by atoms with E-state index in [0.29, 0.717) is 24.2 Å². The molecule has 1 aliphatic rings. The lowest BCUT2D eigenvalue weighted by Crippen LogP contribution is -2.23. The zero-order valence-corrected chi connectivity index (χ0v) is 9.58. The minimum absolute atomic E-state index is 0.225. The van der Waals surface area contributed by atoms with Crippen molar-refractivity contribution in [3.63, 3.8) is 0 Å². The Hall–Kier alpha value is -1.03. The first-order valence-corrected chi connectivity index (χ1v) is 5.53. The van der Waals surface area contributed by atoms with Gasteiger partial charge in [0.25, 0.3) is 5.56 Å². The van der Waals surface area contributed by atoms with Gasteiger partial charge in [-0.05, 0) is 19.3 Å². The van der Waals surface area contributed by atoms with E-state index >= 15 is 0 Å². The molecule has 82 valence electrons. The number of hydrogen-bond acceptors (Lipinski definition) is 3. The van der Waals surface area contributed by atoms with E-state index in [4.69, 9.17) is 11.6 Å². The molecule has 0 radical (unpaired) electrons. The van der Waals surface area contributed by atoms with E-state index in [-0.39, 0.29) is 10.6 Å². The number of halogens is 1. The Kier molecular flexibility index (Phi) is 2.69. The Labute approximate surface area is 93.2 Å². The Balaban J connectivity index is 2.25. The highest BCUT2D eigenvalue weighted by Gasteiger charge is 2.33. The van der Waals surface area contributed by atoms with Crippen molar-refractivity contribution in [1.82, 2.24) is 9.78 Å². The summed E-state index contributed by atoms with van der Waals surface area (Å²) in [5.41, 5.74) is 0.429. The molecule has 15 heavy (non-hydrogen) atoms. The molecule has 2 unspecified atom stereocenters. The lowest BCUT2D eigenvalue weighted by molar-refractivity contribution is 0.616. The van der Waals surface area contributed by atoms with Crippen LogP contribution in [-0.4, -0.2) is 15.8 Å². The monoisotopic (exact) mass is 227 g/mol. The van der Waals surface area contributed by atoms with Crippen molar-refractivity contribution < 1.29 is 0 Å². The Morgan fingerprint density at radius 3 is 2.93 bits per heavy atom. The molecule has 2 atom stereocenters. The third-order valence-corrected chi connectivity index (χ3v) is 3.10. The third-order valence-electron chi connectivity index (χ3n) is 2.73. The van der Waals surface area contributed by atoms with Crippen LogP contribution in [0.15, 0.2) is 11.0 Å². The van der Waals surface area contributed by atoms with Gasteiger partial charge in [-0.3, -0.25) is 4.79 Å². The van der Waals surface area contributed by atoms with Gasteiger partial charge in [-0.25, -0.2) is 4.68 Å². The van der Waals surface area contributed by atoms with Crippen LogP contribution in [0.25, 0.3) is 0 Å². The van der Waals surface area contributed by atoms with E-state index in [1.807, 2.05) is 6.92 Å². The van der Waals surface area contributed by atoms with Gasteiger partial charge in [-0.15, -0.1) is 0 Å². The van der Waals surface area contributed by atoms with Crippen LogP contribution < -0.4 is 10.9 Å². The molecule has 5 heteroatoms. The summed E-state index contributed by atoms with van der Waals surface area (Å²) in [5, 5.41) is 7.48. The third kappa shape index (κ3) is 2.00. The minimum Gasteiger partial charge on any atom is -0.379 e. The summed E-state index contributed by atoms with van der Waals surface area (Å²) in [4.78, 5) is 11.6. The predicted molar refractivity (Wildman–Crippen MR) is 60.4 cm³/mol. The second-order valence-corrected chi connectivity index (χ2v) is 4.33. The lowest BCUT2D eigenvalue weighted by atomic mass is 10.4. The van der Waals surface area contributed by atoms with Crippen LogP contribution in [0.5, 0.6) is 0 Å². The molecule has 0 bridgehead atoms. The van der Waals surface area contributed by atoms with E-state index in [1.165, 1.54) is 4.68 Å². The maximum absolute atomic E-state index is 11.6. The van der Waals surface area contributed by atoms with Gasteiger partial charge in [0.1, 0.15) is 5.02 Å². The van der Waals surface area contributed by atoms with Crippen molar-refractivity contribution in [2.45, 2.75) is 32.9 Å². The zero-order chi connectivity index (χ0) is 11.0. The van der Waals surface area contributed by atoms with Crippen LogP contribution in [0.3, 0.4) is 0 Å². The molecule has 2 rings (SSSR count). The van der Waals surface area contributed by atoms with Gasteiger partial charge in [0, 0.05) is 12.6 Å². The number of rotatable bonds is 3. The fraction of sp³-hybridized carbons (Fsp3) is 0.600. The molecule has 0 spiro atoms. The van der Waals surface area contributed by atoms with Crippen LogP contribution in [0.4, 0.5) is 5.69 Å². The Bertz CT molecular complexity index is 429. The van der Waals surface area contributed by atoms with Crippen molar-refractivity contribution in [1.29, 1.82) is 0 Å². The first-order chi connectivity index (χ1) is 7.13. The van der Waals surface area contributed by atoms with Gasteiger partial charge in [-0.2, -0.15) is 5.10 Å². The number of aryl methyl sites for hydroxylation is 1. The SMILES string of the molecule is CCn1ncc(NC2CC2C)c(Cl)c1=O. The van der Waals surface area contributed by atoms with E-state index < -0.39 is 0 Å². The van der Waals surface area contributed by atoms with Crippen LogP contribution >= 0.6 is 11.6 Å². The molecule has 1 aliphatic carbocycles. The number of hydrogen-bond donors (Lipinski definition) is 1. The fourth-order valence-electron chi connectivity index (χ4n) is 1.51. The number of nitrogens with zero attached hydrogens (tertiary/aromatic N) is 2. The van der Waals surface area contributed by atoms with Crippen molar-refractivity contribution in [3.05, 3.63) is 21.6 Å². The number of anilines is 1. The minimum atomic E-state index is -0.225. The van der Waals surface area contributed by atoms with Crippen LogP contribution in [-0.2, 0) is 6.54 Å². The summed E-state index contributed by atoms with van der Waals surface area (Å²) in [6.07, 6.45) is 2.76. The van der Waals surface area contributed by atoms with E-state index in [1.54, 1.807) is 6.20 Å². The standard InChI is InChI=1S/C10H14ClN3O/c1-3-14-10(15)9(11)8(5-12-14)13-7-4-6(7)2/h5-7,13H,3-4H2,1-2H3. The summed E-state index contributed by atoms with van der Waals surface area (Å²) < 4.78 is 1.35. The van der Waals surface area contributed by atoms with Gasteiger partial charge in [0.05, 0.1) is 11.9 Å². The van der Waals surface area contributed by atoms with Crippen molar-refractivity contribution in [2.24, 2.45) is 5.92 Å². The average Bonchev–Trinajstić information content (AvgIpc) is 2.90. The van der Waals surface area contributed by atoms with E-state index in [0.717, 1.165) is 6.42 Å². The average molecular weight is 228 g/mol. The number of aromatic nitrogens is 2. The summed E-state index contributed by atoms with van der Waals surface area (Å²) in [6, 6.07) is 0.446. The maximum atomic E-state index is 11.6. The molecule has 1 heterocycles. The quantitative estimate of drug-likeness (QED) is 0.856. The normalized spacial score (nSPS) is 23.9. The molecular weight excluding hydrogens is 214 g/mol. The van der Waals surface area contributed by atoms with Crippen molar-refractivity contribution in [2.75, 3.05) is 5.32 Å². The predicted octanol–water partition coefficient (Wildman–Crippen LogP) is 1.74. The Morgan fingerprint density at radius 1 is 1.73 bits per heavy atom. The van der Waals surface area contributed by atoms with Crippen molar-refractivity contribution in [3.8, 4) is 0 Å². The Morgan fingerprint density at radius 2 is 2.40 bits per heavy atom. The summed E-state index contributed by atoms with van der Waals surface area (Å²) in [5.74, 6) is 0.662. The first kappa shape index (κ1) is 10.5. The van der Waals surface area contributed by atoms with Gasteiger partial charge in [0.2, 0.25) is 0 Å². The maximum Gasteiger partial charge on any atom is 0.287 e. The van der Waals surface area contributed by atoms with Gasteiger partial charge < -0.3 is 5.32 Å². The van der Waals surface area contributed by atoms with Crippen LogP contribution in [0.2, 0.25) is 5.02 Å². The van der Waals surface area contributed by atoms with Gasteiger partial charge in [0.15, 0.2) is 0 Å². The van der Waals surface area contributed by atoms with Crippen molar-refractivity contribution >= 4 is 17.3 Å². The molecule has 1 aromatic rings. The molecule has 1 aromatic heterocycles. The smallest absolute Gasteiger partial charge is 0.287 e. The molecule has 1 fully saturated rings. The molecule has 1 N–H and O–H groups in total. The van der Waals surface area contributed by atoms with Gasteiger partial charge >= 0.3 is 0 Å². The number of nitrogens with one attached hydrogen (secondary N) is 1. The summed E-state index contributed by atoms with van der Waals surface area (Å²) in [6.45, 7) is 4.56. The molecular formula is C10H14ClN3O. The molecule has 0 amide bonds. The second kappa shape index (κ2) is 3.85. The lowest BCUT2D eigenvalue weighted by Gasteiger charge is -2.08. The zero-order valence-electron chi connectivity index (χ0n) is 8.83. The molecule has 1 saturated carbocycles. The van der Waals surface area contributed by atoms with E-state index in [9.17, 15) is 4.79 Å². The highest BCUT2D eigenvalue weighted by molar-refractivity contribution is 6.32. The van der Waals surface area contributed by atoms with E-state index in [2.05, 4.69) is 17.3 Å². The van der Waals surface area contributed by atoms with Crippen LogP contribution in [0, 0.1) is 5.92 Å².